The molecule has 3 aliphatic carbocycles. The van der Waals surface area contributed by atoms with Gasteiger partial charge in [-0.2, -0.15) is 0 Å². The number of pyridine rings is 1. The summed E-state index contributed by atoms with van der Waals surface area (Å²) in [4.78, 5) is 19.4. The number of fused-ring (bicyclic) bond motifs is 5. The first-order valence-electron chi connectivity index (χ1n) is 12.4. The van der Waals surface area contributed by atoms with Crippen LogP contribution in [0.15, 0.2) is 24.5 Å². The first-order chi connectivity index (χ1) is 14.4. The fraction of sp³-hybridized carbons (Fsp3) is 0.704. The zero-order valence-corrected chi connectivity index (χ0v) is 19.3. The molecule has 4 aliphatic rings. The Hall–Kier alpha value is -1.64. The Bertz CT molecular complexity index is 875. The molecule has 30 heavy (non-hydrogen) atoms. The van der Waals surface area contributed by atoms with Gasteiger partial charge in [-0.15, -0.1) is 0 Å². The van der Waals surface area contributed by atoms with Gasteiger partial charge >= 0.3 is 0 Å². The molecule has 3 heteroatoms. The lowest BCUT2D eigenvalue weighted by Crippen LogP contribution is -2.54. The van der Waals surface area contributed by atoms with Gasteiger partial charge in [-0.25, -0.2) is 0 Å². The van der Waals surface area contributed by atoms with Crippen molar-refractivity contribution in [2.24, 2.45) is 28.6 Å². The zero-order valence-electron chi connectivity index (χ0n) is 19.3. The minimum absolute atomic E-state index is 0.288. The van der Waals surface area contributed by atoms with Crippen molar-refractivity contribution >= 4 is 11.5 Å². The first kappa shape index (κ1) is 20.3. The lowest BCUT2D eigenvalue weighted by Gasteiger charge is -2.57. The maximum Gasteiger partial charge on any atom is 0.222 e. The van der Waals surface area contributed by atoms with Crippen LogP contribution in [0.2, 0.25) is 0 Å². The van der Waals surface area contributed by atoms with Gasteiger partial charge in [0.05, 0.1) is 0 Å². The van der Waals surface area contributed by atoms with Gasteiger partial charge in [0.15, 0.2) is 0 Å². The summed E-state index contributed by atoms with van der Waals surface area (Å²) in [5, 5.41) is 0. The molecular formula is C27H38N2O. The van der Waals surface area contributed by atoms with Gasteiger partial charge in [0.25, 0.3) is 0 Å². The average molecular weight is 407 g/mol. The van der Waals surface area contributed by atoms with E-state index in [0.29, 0.717) is 23.8 Å². The second-order valence-corrected chi connectivity index (χ2v) is 10.9. The first-order valence-corrected chi connectivity index (χ1v) is 12.4. The normalized spacial score (nSPS) is 39.9. The van der Waals surface area contributed by atoms with Gasteiger partial charge < -0.3 is 4.90 Å². The largest absolute Gasteiger partial charge is 0.339 e. The van der Waals surface area contributed by atoms with Crippen LogP contribution in [0.4, 0.5) is 0 Å². The highest BCUT2D eigenvalue weighted by atomic mass is 16.2. The Morgan fingerprint density at radius 1 is 1.13 bits per heavy atom. The van der Waals surface area contributed by atoms with E-state index in [1.54, 1.807) is 5.57 Å². The van der Waals surface area contributed by atoms with Crippen molar-refractivity contribution in [3.05, 3.63) is 35.7 Å². The van der Waals surface area contributed by atoms with Crippen molar-refractivity contribution in [3.63, 3.8) is 0 Å². The molecule has 0 aromatic carbocycles. The Labute approximate surface area is 182 Å². The highest BCUT2D eigenvalue weighted by Gasteiger charge is 2.60. The lowest BCUT2D eigenvalue weighted by atomic mass is 9.48. The molecule has 0 radical (unpaired) electrons. The van der Waals surface area contributed by atoms with Crippen LogP contribution >= 0.6 is 0 Å². The predicted octanol–water partition coefficient (Wildman–Crippen LogP) is 5.89. The molecule has 0 N–H and O–H groups in total. The molecule has 1 aliphatic heterocycles. The molecular weight excluding hydrogens is 368 g/mol. The number of likely N-dealkylation sites (tertiary alicyclic amines) is 1. The lowest BCUT2D eigenvalue weighted by molar-refractivity contribution is -0.136. The topological polar surface area (TPSA) is 33.2 Å². The molecule has 162 valence electrons. The maximum atomic E-state index is 12.6. The maximum absolute atomic E-state index is 12.6. The fourth-order valence-electron chi connectivity index (χ4n) is 8.16. The molecule has 6 unspecified atom stereocenters. The summed E-state index contributed by atoms with van der Waals surface area (Å²) in [5.41, 5.74) is 4.87. The molecule has 1 aromatic heterocycles. The summed E-state index contributed by atoms with van der Waals surface area (Å²) < 4.78 is 0. The molecule has 5 rings (SSSR count). The quantitative estimate of drug-likeness (QED) is 0.627. The van der Waals surface area contributed by atoms with Gasteiger partial charge in [0.1, 0.15) is 0 Å². The van der Waals surface area contributed by atoms with Crippen molar-refractivity contribution in [1.29, 1.82) is 0 Å². The summed E-state index contributed by atoms with van der Waals surface area (Å²) in [6.45, 7) is 10.3. The molecule has 3 nitrogen and oxygen atoms in total. The molecule has 1 saturated heterocycles. The summed E-state index contributed by atoms with van der Waals surface area (Å²) in [5.74, 6) is 2.70. The number of allylic oxidation sites excluding steroid dienone is 2. The molecule has 1 amide bonds. The summed E-state index contributed by atoms with van der Waals surface area (Å²) in [7, 11) is 0. The molecule has 3 fully saturated rings. The minimum atomic E-state index is 0.288. The van der Waals surface area contributed by atoms with E-state index in [1.807, 2.05) is 13.1 Å². The Morgan fingerprint density at radius 3 is 2.73 bits per heavy atom. The number of rotatable bonds is 3. The number of carbonyl (C=O) groups excluding carboxylic acids is 1. The van der Waals surface area contributed by atoms with Crippen LogP contribution in [0.5, 0.6) is 0 Å². The minimum Gasteiger partial charge on any atom is -0.339 e. The molecule has 6 atom stereocenters. The van der Waals surface area contributed by atoms with E-state index >= 15 is 0 Å². The number of aryl methyl sites for hydroxylation is 1. The van der Waals surface area contributed by atoms with E-state index in [1.165, 1.54) is 49.7 Å². The van der Waals surface area contributed by atoms with E-state index in [9.17, 15) is 4.79 Å². The van der Waals surface area contributed by atoms with E-state index in [2.05, 4.69) is 49.0 Å². The van der Waals surface area contributed by atoms with Crippen LogP contribution in [0.3, 0.4) is 0 Å². The number of aromatic nitrogens is 1. The number of nitrogens with zero attached hydrogens (tertiary/aromatic N) is 2. The highest BCUT2D eigenvalue weighted by Crippen LogP contribution is 2.66. The average Bonchev–Trinajstić information content (AvgIpc) is 3.30. The summed E-state index contributed by atoms with van der Waals surface area (Å²) >= 11 is 0. The van der Waals surface area contributed by atoms with Crippen molar-refractivity contribution in [2.45, 2.75) is 85.1 Å². The molecule has 2 saturated carbocycles. The smallest absolute Gasteiger partial charge is 0.222 e. The van der Waals surface area contributed by atoms with Gasteiger partial charge in [0, 0.05) is 31.4 Å². The Morgan fingerprint density at radius 2 is 1.97 bits per heavy atom. The third-order valence-electron chi connectivity index (χ3n) is 9.80. The van der Waals surface area contributed by atoms with E-state index < -0.39 is 0 Å². The second-order valence-electron chi connectivity index (χ2n) is 10.9. The number of amides is 1. The molecule has 0 spiro atoms. The standard InChI is InChI=1S/C27H38N2O/c1-5-18-15-19(17-28-16-18)21-8-9-22-20-7-10-24-27(4,13-14-29(24)25(30)6-2)23(20)11-12-26(21,22)3/h8,15-17,20,22-24H,5-7,9-14H2,1-4H3. The van der Waals surface area contributed by atoms with Crippen LogP contribution in [-0.4, -0.2) is 28.4 Å². The van der Waals surface area contributed by atoms with Gasteiger partial charge in [-0.05, 0) is 96.3 Å². The SMILES string of the molecule is CCC(=O)N1CCC2(C)C3CCC4(C)C(c5cncc(CC)c5)=CCC4C3CCC12. The van der Waals surface area contributed by atoms with Crippen molar-refractivity contribution in [2.75, 3.05) is 6.54 Å². The van der Waals surface area contributed by atoms with Crippen LogP contribution in [0, 0.1) is 28.6 Å². The van der Waals surface area contributed by atoms with E-state index in [-0.39, 0.29) is 5.41 Å². The second kappa shape index (κ2) is 7.21. The summed E-state index contributed by atoms with van der Waals surface area (Å²) in [6, 6.07) is 2.86. The van der Waals surface area contributed by atoms with E-state index in [0.717, 1.165) is 30.7 Å². The van der Waals surface area contributed by atoms with E-state index in [4.69, 9.17) is 0 Å². The third-order valence-corrected chi connectivity index (χ3v) is 9.80. The monoisotopic (exact) mass is 406 g/mol. The Kier molecular flexibility index (Phi) is 4.87. The van der Waals surface area contributed by atoms with Gasteiger partial charge in [-0.3, -0.25) is 9.78 Å². The highest BCUT2D eigenvalue weighted by molar-refractivity contribution is 5.77. The zero-order chi connectivity index (χ0) is 21.1. The van der Waals surface area contributed by atoms with Crippen LogP contribution in [-0.2, 0) is 11.2 Å². The predicted molar refractivity (Wildman–Crippen MR) is 122 cm³/mol. The third kappa shape index (κ3) is 2.76. The number of hydrogen-bond acceptors (Lipinski definition) is 2. The Balaban J connectivity index is 1.42. The summed E-state index contributed by atoms with van der Waals surface area (Å²) in [6.07, 6.45) is 15.9. The van der Waals surface area contributed by atoms with Gasteiger partial charge in [-0.1, -0.05) is 33.8 Å². The van der Waals surface area contributed by atoms with Crippen molar-refractivity contribution < 1.29 is 4.79 Å². The van der Waals surface area contributed by atoms with Gasteiger partial charge in [0.2, 0.25) is 5.91 Å². The van der Waals surface area contributed by atoms with Crippen LogP contribution in [0.1, 0.15) is 83.8 Å². The molecule has 2 heterocycles. The van der Waals surface area contributed by atoms with Crippen molar-refractivity contribution in [1.82, 2.24) is 9.88 Å². The van der Waals surface area contributed by atoms with Crippen molar-refractivity contribution in [3.8, 4) is 0 Å². The van der Waals surface area contributed by atoms with Crippen LogP contribution in [0.25, 0.3) is 5.57 Å². The number of hydrogen-bond donors (Lipinski definition) is 0. The molecule has 0 bridgehead atoms. The number of carbonyl (C=O) groups is 1. The molecule has 1 aromatic rings. The van der Waals surface area contributed by atoms with Crippen LogP contribution < -0.4 is 0 Å². The fourth-order valence-corrected chi connectivity index (χ4v) is 8.16.